The number of rotatable bonds is 19. The molecule has 0 aliphatic heterocycles. The highest BCUT2D eigenvalue weighted by atomic mass is 32.2. The van der Waals surface area contributed by atoms with Gasteiger partial charge in [-0.3, -0.25) is 9.59 Å². The van der Waals surface area contributed by atoms with Gasteiger partial charge in [0.1, 0.15) is 17.1 Å². The number of anilines is 1. The molecule has 276 valence electrons. The molecule has 0 aliphatic carbocycles. The first-order valence-electron chi connectivity index (χ1n) is 17.6. The first-order valence-corrected chi connectivity index (χ1v) is 19.4. The fraction of sp³-hybridized carbons (Fsp3) is 0.436. The molecule has 0 spiro atoms. The average Bonchev–Trinajstić information content (AvgIpc) is 3.46. The van der Waals surface area contributed by atoms with Crippen LogP contribution in [0.15, 0.2) is 71.1 Å². The van der Waals surface area contributed by atoms with Gasteiger partial charge in [-0.1, -0.05) is 40.0 Å². The number of hydrogen-bond acceptors (Lipinski definition) is 7. The zero-order valence-corrected chi connectivity index (χ0v) is 30.5. The summed E-state index contributed by atoms with van der Waals surface area (Å²) >= 11 is 0. The smallest absolute Gasteiger partial charge is 0.416 e. The van der Waals surface area contributed by atoms with Gasteiger partial charge < -0.3 is 14.1 Å². The minimum atomic E-state index is -4.63. The van der Waals surface area contributed by atoms with Gasteiger partial charge in [0.15, 0.2) is 5.78 Å². The topological polar surface area (TPSA) is 97.1 Å². The lowest BCUT2D eigenvalue weighted by Crippen LogP contribution is -2.36. The summed E-state index contributed by atoms with van der Waals surface area (Å²) in [6, 6.07) is 14.4. The number of furan rings is 1. The number of ether oxygens (including phenoxy) is 1. The number of carbonyl (C=O) groups excluding carboxylic acids is 2. The van der Waals surface area contributed by atoms with E-state index >= 15 is 0 Å². The number of alkyl halides is 3. The van der Waals surface area contributed by atoms with E-state index in [0.29, 0.717) is 45.4 Å². The van der Waals surface area contributed by atoms with Crippen molar-refractivity contribution >= 4 is 38.4 Å². The van der Waals surface area contributed by atoms with Gasteiger partial charge in [0, 0.05) is 29.5 Å². The highest BCUT2D eigenvalue weighted by Gasteiger charge is 2.32. The molecular formula is C39H47F3N2O6S. The van der Waals surface area contributed by atoms with Crippen LogP contribution in [0.1, 0.15) is 103 Å². The van der Waals surface area contributed by atoms with Crippen LogP contribution < -0.4 is 9.04 Å². The van der Waals surface area contributed by atoms with Crippen LogP contribution >= 0.6 is 0 Å². The van der Waals surface area contributed by atoms with E-state index in [2.05, 4.69) is 18.7 Å². The Labute approximate surface area is 298 Å². The third-order valence-corrected chi connectivity index (χ3v) is 9.64. The lowest BCUT2D eigenvalue weighted by Gasteiger charge is -2.21. The fourth-order valence-electron chi connectivity index (χ4n) is 5.83. The van der Waals surface area contributed by atoms with Crippen LogP contribution in [0, 0.1) is 0 Å². The molecule has 1 amide bonds. The molecule has 4 aromatic rings. The van der Waals surface area contributed by atoms with E-state index in [1.54, 1.807) is 24.3 Å². The first kappa shape index (κ1) is 39.6. The Bertz CT molecular complexity index is 1860. The predicted molar refractivity (Wildman–Crippen MR) is 194 cm³/mol. The molecule has 0 radical (unpaired) electrons. The predicted octanol–water partition coefficient (Wildman–Crippen LogP) is 9.30. The molecule has 0 saturated heterocycles. The number of hydrogen-bond donors (Lipinski definition) is 0. The second-order valence-corrected chi connectivity index (χ2v) is 14.5. The number of ketones is 1. The number of unbranched alkanes of at least 4 members (excludes halogenated alkanes) is 3. The molecule has 0 unspecified atom stereocenters. The van der Waals surface area contributed by atoms with Crippen molar-refractivity contribution in [2.24, 2.45) is 0 Å². The van der Waals surface area contributed by atoms with Crippen molar-refractivity contribution in [2.75, 3.05) is 36.8 Å². The first-order chi connectivity index (χ1) is 24.3. The molecule has 51 heavy (non-hydrogen) atoms. The van der Waals surface area contributed by atoms with Crippen molar-refractivity contribution in [3.8, 4) is 5.75 Å². The summed E-state index contributed by atoms with van der Waals surface area (Å²) in [7, 11) is -4.26. The number of benzene rings is 3. The normalized spacial score (nSPS) is 12.1. The molecular weight excluding hydrogens is 681 g/mol. The highest BCUT2D eigenvalue weighted by Crippen LogP contribution is 2.35. The highest BCUT2D eigenvalue weighted by molar-refractivity contribution is 7.92. The monoisotopic (exact) mass is 728 g/mol. The molecule has 3 aromatic carbocycles. The van der Waals surface area contributed by atoms with Gasteiger partial charge >= 0.3 is 6.18 Å². The molecule has 1 heterocycles. The lowest BCUT2D eigenvalue weighted by atomic mass is 9.98. The van der Waals surface area contributed by atoms with Crippen LogP contribution in [-0.2, 0) is 22.6 Å². The van der Waals surface area contributed by atoms with Crippen LogP contribution in [0.2, 0.25) is 0 Å². The standard InChI is InChI=1S/C39H47F3N2O6S/c1-5-8-12-35-36(37(45)28-15-20-32(21-16-28)49-26-11-25-43(23-9-6-2)24-10-7-3)33-27-31(19-22-34(33)50-35)44(51(4,47)48)38(46)29-13-17-30(18-14-29)39(40,41)42/h13-22,27H,5-12,23-26H2,1-4H3. The van der Waals surface area contributed by atoms with Crippen molar-refractivity contribution in [3.63, 3.8) is 0 Å². The summed E-state index contributed by atoms with van der Waals surface area (Å²) in [6.45, 7) is 10.1. The van der Waals surface area contributed by atoms with E-state index in [1.165, 1.54) is 31.0 Å². The second kappa shape index (κ2) is 17.9. The van der Waals surface area contributed by atoms with Gasteiger partial charge in [0.05, 0.1) is 29.7 Å². The van der Waals surface area contributed by atoms with Crippen molar-refractivity contribution in [1.29, 1.82) is 0 Å². The minimum absolute atomic E-state index is 0.0847. The molecule has 0 fully saturated rings. The molecule has 0 N–H and O–H groups in total. The summed E-state index contributed by atoms with van der Waals surface area (Å²) in [6.07, 6.45) is 3.76. The summed E-state index contributed by atoms with van der Waals surface area (Å²) < 4.78 is 77.9. The van der Waals surface area contributed by atoms with Gasteiger partial charge in [-0.15, -0.1) is 0 Å². The van der Waals surface area contributed by atoms with E-state index < -0.39 is 27.7 Å². The molecule has 0 atom stereocenters. The molecule has 0 bridgehead atoms. The van der Waals surface area contributed by atoms with Crippen LogP contribution in [-0.4, -0.2) is 57.5 Å². The summed E-state index contributed by atoms with van der Waals surface area (Å²) in [5.41, 5.74) is -0.357. The number of fused-ring (bicyclic) bond motifs is 1. The largest absolute Gasteiger partial charge is 0.494 e. The maximum Gasteiger partial charge on any atom is 0.416 e. The average molecular weight is 729 g/mol. The summed E-state index contributed by atoms with van der Waals surface area (Å²) in [5.74, 6) is -0.314. The van der Waals surface area contributed by atoms with E-state index in [9.17, 15) is 31.2 Å². The molecule has 0 saturated carbocycles. The molecule has 1 aromatic heterocycles. The van der Waals surface area contributed by atoms with Gasteiger partial charge in [-0.05, 0) is 106 Å². The third kappa shape index (κ3) is 10.4. The van der Waals surface area contributed by atoms with E-state index in [-0.39, 0.29) is 22.6 Å². The van der Waals surface area contributed by atoms with Crippen molar-refractivity contribution in [3.05, 3.63) is 94.7 Å². The van der Waals surface area contributed by atoms with Crippen LogP contribution in [0.4, 0.5) is 18.9 Å². The number of carbonyl (C=O) groups is 2. The Kier molecular flexibility index (Phi) is 13.9. The number of sulfonamides is 1. The fourth-order valence-corrected chi connectivity index (χ4v) is 6.73. The van der Waals surface area contributed by atoms with Crippen LogP contribution in [0.5, 0.6) is 5.75 Å². The number of amides is 1. The van der Waals surface area contributed by atoms with Crippen molar-refractivity contribution < 1.29 is 40.3 Å². The number of halogens is 3. The Morgan fingerprint density at radius 3 is 1.94 bits per heavy atom. The molecule has 12 heteroatoms. The van der Waals surface area contributed by atoms with Crippen LogP contribution in [0.3, 0.4) is 0 Å². The minimum Gasteiger partial charge on any atom is -0.494 e. The van der Waals surface area contributed by atoms with Crippen molar-refractivity contribution in [2.45, 2.75) is 78.3 Å². The van der Waals surface area contributed by atoms with Gasteiger partial charge in [0.2, 0.25) is 10.0 Å². The SMILES string of the molecule is CCCCc1oc2ccc(N(C(=O)c3ccc(C(F)(F)F)cc3)S(C)(=O)=O)cc2c1C(=O)c1ccc(OCCCN(CCCC)CCCC)cc1. The van der Waals surface area contributed by atoms with Gasteiger partial charge in [0.25, 0.3) is 5.91 Å². The number of nitrogens with zero attached hydrogens (tertiary/aromatic N) is 2. The summed E-state index contributed by atoms with van der Waals surface area (Å²) in [4.78, 5) is 30.0. The molecule has 4 rings (SSSR count). The molecule has 8 nitrogen and oxygen atoms in total. The van der Waals surface area contributed by atoms with Gasteiger partial charge in [-0.25, -0.2) is 12.7 Å². The van der Waals surface area contributed by atoms with Crippen molar-refractivity contribution in [1.82, 2.24) is 4.90 Å². The zero-order valence-electron chi connectivity index (χ0n) is 29.7. The van der Waals surface area contributed by atoms with E-state index in [1.807, 2.05) is 6.92 Å². The number of aryl methyl sites for hydroxylation is 1. The maximum absolute atomic E-state index is 14.1. The maximum atomic E-state index is 14.1. The molecule has 0 aliphatic rings. The van der Waals surface area contributed by atoms with E-state index in [0.717, 1.165) is 82.3 Å². The summed E-state index contributed by atoms with van der Waals surface area (Å²) in [5, 5.41) is 0.313. The third-order valence-electron chi connectivity index (χ3n) is 8.60. The van der Waals surface area contributed by atoms with Crippen LogP contribution in [0.25, 0.3) is 11.0 Å². The second-order valence-electron chi connectivity index (χ2n) is 12.7. The Hall–Kier alpha value is -4.16. The Balaban J connectivity index is 1.59. The van der Waals surface area contributed by atoms with Gasteiger partial charge in [-0.2, -0.15) is 13.2 Å². The quantitative estimate of drug-likeness (QED) is 0.0701. The zero-order chi connectivity index (χ0) is 37.2. The Morgan fingerprint density at radius 1 is 0.784 bits per heavy atom. The van der Waals surface area contributed by atoms with E-state index in [4.69, 9.17) is 9.15 Å². The Morgan fingerprint density at radius 2 is 1.37 bits per heavy atom. The lowest BCUT2D eigenvalue weighted by molar-refractivity contribution is -0.137.